The highest BCUT2D eigenvalue weighted by Gasteiger charge is 2.18. The highest BCUT2D eigenvalue weighted by atomic mass is 32.2. The van der Waals surface area contributed by atoms with Gasteiger partial charge in [-0.2, -0.15) is 5.10 Å². The number of hydrogen-bond donors (Lipinski definition) is 1. The molecule has 1 N–H and O–H groups in total. The molecule has 0 aliphatic heterocycles. The van der Waals surface area contributed by atoms with Crippen LogP contribution in [0.3, 0.4) is 0 Å². The molecule has 0 bridgehead atoms. The number of rotatable bonds is 6. The molecule has 0 aliphatic carbocycles. The van der Waals surface area contributed by atoms with Crippen molar-refractivity contribution in [3.05, 3.63) is 48.7 Å². The van der Waals surface area contributed by atoms with E-state index >= 15 is 0 Å². The molecular formula is C19H22N4OS. The van der Waals surface area contributed by atoms with Crippen LogP contribution >= 0.6 is 11.8 Å². The third kappa shape index (κ3) is 4.02. The van der Waals surface area contributed by atoms with Crippen LogP contribution in [0.1, 0.15) is 33.2 Å². The molecule has 2 heterocycles. The maximum atomic E-state index is 12.5. The summed E-state index contributed by atoms with van der Waals surface area (Å²) in [6.45, 7) is 6.07. The molecule has 25 heavy (non-hydrogen) atoms. The SMILES string of the molecule is CC[C@H](C)n1nccc1NC(=O)[C@H](C)Sc1ccc2ccccc2n1. The molecule has 1 aromatic carbocycles. The number of benzene rings is 1. The predicted octanol–water partition coefficient (Wildman–Crippen LogP) is 4.52. The van der Waals surface area contributed by atoms with Gasteiger partial charge in [-0.3, -0.25) is 4.79 Å². The molecule has 130 valence electrons. The molecule has 0 fully saturated rings. The number of nitrogens with one attached hydrogen (secondary N) is 1. The van der Waals surface area contributed by atoms with Gasteiger partial charge in [0.2, 0.25) is 5.91 Å². The summed E-state index contributed by atoms with van der Waals surface area (Å²) in [7, 11) is 0. The average Bonchev–Trinajstić information content (AvgIpc) is 3.09. The maximum Gasteiger partial charge on any atom is 0.238 e. The van der Waals surface area contributed by atoms with Crippen molar-refractivity contribution in [1.82, 2.24) is 14.8 Å². The van der Waals surface area contributed by atoms with E-state index in [9.17, 15) is 4.79 Å². The van der Waals surface area contributed by atoms with Crippen LogP contribution < -0.4 is 5.32 Å². The largest absolute Gasteiger partial charge is 0.310 e. The minimum Gasteiger partial charge on any atom is -0.310 e. The molecule has 2 atom stereocenters. The summed E-state index contributed by atoms with van der Waals surface area (Å²) in [6, 6.07) is 14.0. The first kappa shape index (κ1) is 17.5. The van der Waals surface area contributed by atoms with Gasteiger partial charge in [0.05, 0.1) is 28.0 Å². The predicted molar refractivity (Wildman–Crippen MR) is 103 cm³/mol. The molecule has 3 rings (SSSR count). The molecule has 3 aromatic rings. The number of thioether (sulfide) groups is 1. The van der Waals surface area contributed by atoms with Crippen LogP contribution in [0.5, 0.6) is 0 Å². The Kier molecular flexibility index (Phi) is 5.38. The standard InChI is InChI=1S/C19H22N4OS/c1-4-13(2)23-17(11-12-20-23)22-19(24)14(3)25-18-10-9-15-7-5-6-8-16(15)21-18/h5-14H,4H2,1-3H3,(H,22,24)/t13-,14-/m0/s1. The van der Waals surface area contributed by atoms with E-state index < -0.39 is 0 Å². The zero-order valence-electron chi connectivity index (χ0n) is 14.6. The van der Waals surface area contributed by atoms with E-state index in [-0.39, 0.29) is 17.2 Å². The van der Waals surface area contributed by atoms with Crippen molar-refractivity contribution in [2.75, 3.05) is 5.32 Å². The number of amides is 1. The summed E-state index contributed by atoms with van der Waals surface area (Å²) in [5.74, 6) is 0.684. The lowest BCUT2D eigenvalue weighted by molar-refractivity contribution is -0.115. The number of aromatic nitrogens is 3. The number of pyridine rings is 1. The minimum atomic E-state index is -0.256. The molecule has 0 radical (unpaired) electrons. The summed E-state index contributed by atoms with van der Waals surface area (Å²) in [5, 5.41) is 8.96. The number of anilines is 1. The van der Waals surface area contributed by atoms with Crippen molar-refractivity contribution < 1.29 is 4.79 Å². The number of carbonyl (C=O) groups excluding carboxylic acids is 1. The Balaban J connectivity index is 1.69. The van der Waals surface area contributed by atoms with Crippen molar-refractivity contribution in [2.24, 2.45) is 0 Å². The summed E-state index contributed by atoms with van der Waals surface area (Å²) in [5.41, 5.74) is 0.940. The molecule has 0 saturated carbocycles. The van der Waals surface area contributed by atoms with E-state index in [4.69, 9.17) is 0 Å². The van der Waals surface area contributed by atoms with E-state index in [1.165, 1.54) is 11.8 Å². The van der Waals surface area contributed by atoms with Gasteiger partial charge in [-0.1, -0.05) is 43.0 Å². The van der Waals surface area contributed by atoms with E-state index in [0.717, 1.165) is 28.2 Å². The summed E-state index contributed by atoms with van der Waals surface area (Å²) < 4.78 is 1.85. The fourth-order valence-electron chi connectivity index (χ4n) is 2.51. The molecule has 1 amide bonds. The topological polar surface area (TPSA) is 59.8 Å². The Bertz CT molecular complexity index is 876. The highest BCUT2D eigenvalue weighted by Crippen LogP contribution is 2.25. The van der Waals surface area contributed by atoms with Crippen LogP contribution in [0.25, 0.3) is 10.9 Å². The lowest BCUT2D eigenvalue weighted by Gasteiger charge is -2.16. The molecule has 0 saturated heterocycles. The summed E-state index contributed by atoms with van der Waals surface area (Å²) in [6.07, 6.45) is 2.67. The monoisotopic (exact) mass is 354 g/mol. The average molecular weight is 354 g/mol. The van der Waals surface area contributed by atoms with Crippen LogP contribution in [-0.2, 0) is 4.79 Å². The fraction of sp³-hybridized carbons (Fsp3) is 0.316. The lowest BCUT2D eigenvalue weighted by atomic mass is 10.2. The number of nitrogens with zero attached hydrogens (tertiary/aromatic N) is 3. The van der Waals surface area contributed by atoms with Gasteiger partial charge in [0, 0.05) is 11.5 Å². The quantitative estimate of drug-likeness (QED) is 0.661. The van der Waals surface area contributed by atoms with E-state index in [1.54, 1.807) is 6.20 Å². The zero-order chi connectivity index (χ0) is 17.8. The molecule has 0 spiro atoms. The van der Waals surface area contributed by atoms with Crippen molar-refractivity contribution in [2.45, 2.75) is 43.5 Å². The summed E-state index contributed by atoms with van der Waals surface area (Å²) in [4.78, 5) is 17.2. The van der Waals surface area contributed by atoms with Gasteiger partial charge in [0.15, 0.2) is 0 Å². The minimum absolute atomic E-state index is 0.0509. The molecule has 0 aliphatic rings. The van der Waals surface area contributed by atoms with Crippen molar-refractivity contribution in [3.63, 3.8) is 0 Å². The van der Waals surface area contributed by atoms with E-state index in [2.05, 4.69) is 29.2 Å². The van der Waals surface area contributed by atoms with Gasteiger partial charge >= 0.3 is 0 Å². The fourth-order valence-corrected chi connectivity index (χ4v) is 3.34. The second-order valence-corrected chi connectivity index (χ2v) is 7.37. The first-order chi connectivity index (χ1) is 12.1. The van der Waals surface area contributed by atoms with Gasteiger partial charge in [0.25, 0.3) is 0 Å². The Labute approximate surface area is 151 Å². The van der Waals surface area contributed by atoms with Crippen LogP contribution in [0.2, 0.25) is 0 Å². The molecular weight excluding hydrogens is 332 g/mol. The molecule has 5 nitrogen and oxygen atoms in total. The Hall–Kier alpha value is -2.34. The number of carbonyl (C=O) groups is 1. The summed E-state index contributed by atoms with van der Waals surface area (Å²) >= 11 is 1.46. The highest BCUT2D eigenvalue weighted by molar-refractivity contribution is 8.00. The molecule has 6 heteroatoms. The Morgan fingerprint density at radius 1 is 1.20 bits per heavy atom. The number of fused-ring (bicyclic) bond motifs is 1. The smallest absolute Gasteiger partial charge is 0.238 e. The van der Waals surface area contributed by atoms with Crippen LogP contribution in [0, 0.1) is 0 Å². The normalized spacial score (nSPS) is 13.6. The second-order valence-electron chi connectivity index (χ2n) is 6.01. The maximum absolute atomic E-state index is 12.5. The van der Waals surface area contributed by atoms with Crippen molar-refractivity contribution in [1.29, 1.82) is 0 Å². The van der Waals surface area contributed by atoms with E-state index in [0.29, 0.717) is 0 Å². The van der Waals surface area contributed by atoms with Crippen LogP contribution in [0.15, 0.2) is 53.7 Å². The lowest BCUT2D eigenvalue weighted by Crippen LogP contribution is -2.24. The van der Waals surface area contributed by atoms with Gasteiger partial charge < -0.3 is 5.32 Å². The van der Waals surface area contributed by atoms with E-state index in [1.807, 2.05) is 54.1 Å². The van der Waals surface area contributed by atoms with Gasteiger partial charge in [-0.15, -0.1) is 0 Å². The van der Waals surface area contributed by atoms with Crippen molar-refractivity contribution >= 4 is 34.4 Å². The first-order valence-corrected chi connectivity index (χ1v) is 9.33. The van der Waals surface area contributed by atoms with Crippen molar-refractivity contribution in [3.8, 4) is 0 Å². The number of hydrogen-bond acceptors (Lipinski definition) is 4. The second kappa shape index (κ2) is 7.70. The Morgan fingerprint density at radius 3 is 2.80 bits per heavy atom. The van der Waals surface area contributed by atoms with Crippen LogP contribution in [-0.4, -0.2) is 25.9 Å². The van der Waals surface area contributed by atoms with Gasteiger partial charge in [0.1, 0.15) is 5.82 Å². The first-order valence-electron chi connectivity index (χ1n) is 8.45. The van der Waals surface area contributed by atoms with Gasteiger partial charge in [-0.05, 0) is 32.4 Å². The number of para-hydroxylation sites is 1. The van der Waals surface area contributed by atoms with Crippen LogP contribution in [0.4, 0.5) is 5.82 Å². The molecule has 0 unspecified atom stereocenters. The van der Waals surface area contributed by atoms with Gasteiger partial charge in [-0.25, -0.2) is 9.67 Å². The third-order valence-electron chi connectivity index (χ3n) is 4.17. The molecule has 2 aromatic heterocycles. The Morgan fingerprint density at radius 2 is 2.00 bits per heavy atom. The third-order valence-corrected chi connectivity index (χ3v) is 5.21. The zero-order valence-corrected chi connectivity index (χ0v) is 15.5.